The Morgan fingerprint density at radius 3 is 2.29 bits per heavy atom. The number of carbonyl (C=O) groups is 5. The molecule has 1 aromatic rings. The van der Waals surface area contributed by atoms with Crippen LogP contribution in [0.2, 0.25) is 0 Å². The first kappa shape index (κ1) is 58.7. The van der Waals surface area contributed by atoms with Gasteiger partial charge in [0, 0.05) is 51.4 Å². The fraction of sp³-hybridized carbons (Fsp3) is 0.672. The second-order valence-electron chi connectivity index (χ2n) is 21.5. The largest absolute Gasteiger partial charge is 0.460 e. The molecule has 2 bridgehead atoms. The number of carbonyl (C=O) groups excluding carboxylic acids is 5. The van der Waals surface area contributed by atoms with Gasteiger partial charge in [0.1, 0.15) is 30.1 Å². The van der Waals surface area contributed by atoms with Gasteiger partial charge < -0.3 is 43.9 Å². The molecule has 14 nitrogen and oxygen atoms in total. The number of aliphatic hydroxyl groups excluding tert-OH is 2. The van der Waals surface area contributed by atoms with Gasteiger partial charge in [0.2, 0.25) is 5.79 Å². The Morgan fingerprint density at radius 2 is 1.58 bits per heavy atom. The lowest BCUT2D eigenvalue weighted by Crippen LogP contribution is -2.61. The Hall–Kier alpha value is -4.15. The Kier molecular flexibility index (Phi) is 22.8. The van der Waals surface area contributed by atoms with Crippen molar-refractivity contribution in [1.82, 2.24) is 4.90 Å². The molecule has 3 heterocycles. The maximum absolute atomic E-state index is 14.5. The number of allylic oxidation sites excluding steroid dienone is 6. The zero-order valence-electron chi connectivity index (χ0n) is 44.4. The number of piperidine rings is 1. The molecule has 3 N–H and O–H groups in total. The van der Waals surface area contributed by atoms with E-state index in [-0.39, 0.29) is 54.8 Å². The number of benzene rings is 1. The Labute approximate surface area is 428 Å². The van der Waals surface area contributed by atoms with E-state index >= 15 is 0 Å². The number of ketones is 3. The quantitative estimate of drug-likeness (QED) is 0.123. The molecule has 1 amide bonds. The SMILES string of the molecule is CO[C@@H]1C[C@H](C[C@@H](C)[C@@H]2CC(=O)[C@H](C)/C=C(\C)[C@@H](O)[C@@H](OC)C(=O)[C@H](C)C[C@H](C)/C=C/C=C/C=C(\C)[C@H](OCCc3ccccc3)C[C@@H]3CC[C@@H](C)[C@@](O)(O3)C(=O)C(=O)N3CCCC[C@H]3C(=O)O2)CC[C@H]1O. The average Bonchev–Trinajstić information content (AvgIpc) is 3.36. The first-order valence-corrected chi connectivity index (χ1v) is 26.6. The zero-order valence-corrected chi connectivity index (χ0v) is 44.4. The molecule has 1 aliphatic carbocycles. The number of amides is 1. The molecule has 5 rings (SSSR count). The second kappa shape index (κ2) is 27.9. The van der Waals surface area contributed by atoms with E-state index < -0.39 is 83.9 Å². The van der Waals surface area contributed by atoms with Gasteiger partial charge in [0.15, 0.2) is 5.78 Å². The van der Waals surface area contributed by atoms with E-state index in [9.17, 15) is 39.3 Å². The van der Waals surface area contributed by atoms with E-state index in [4.69, 9.17) is 23.7 Å². The number of hydrogen-bond donors (Lipinski definition) is 3. The third kappa shape index (κ3) is 15.9. The van der Waals surface area contributed by atoms with E-state index in [1.54, 1.807) is 34.0 Å². The third-order valence-corrected chi connectivity index (χ3v) is 15.7. The summed E-state index contributed by atoms with van der Waals surface area (Å²) in [6, 6.07) is 8.83. The summed E-state index contributed by atoms with van der Waals surface area (Å²) < 4.78 is 30.3. The highest BCUT2D eigenvalue weighted by atomic mass is 16.6. The highest BCUT2D eigenvalue weighted by Gasteiger charge is 2.53. The van der Waals surface area contributed by atoms with Crippen LogP contribution in [0.15, 0.2) is 77.9 Å². The minimum absolute atomic E-state index is 0.00296. The molecular weight excluding hydrogens is 919 g/mol. The monoisotopic (exact) mass is 1000 g/mol. The lowest BCUT2D eigenvalue weighted by atomic mass is 9.78. The minimum atomic E-state index is -2.46. The van der Waals surface area contributed by atoms with Crippen LogP contribution in [0.4, 0.5) is 0 Å². The first-order chi connectivity index (χ1) is 34.3. The summed E-state index contributed by atoms with van der Waals surface area (Å²) >= 11 is 0. The maximum Gasteiger partial charge on any atom is 0.329 e. The van der Waals surface area contributed by atoms with Gasteiger partial charge in [-0.15, -0.1) is 0 Å². The normalized spacial score (nSPS) is 37.6. The number of nitrogens with zero attached hydrogens (tertiary/aromatic N) is 1. The van der Waals surface area contributed by atoms with E-state index in [0.717, 1.165) is 17.6 Å². The van der Waals surface area contributed by atoms with E-state index in [0.29, 0.717) is 76.4 Å². The van der Waals surface area contributed by atoms with E-state index in [2.05, 4.69) is 0 Å². The molecule has 1 saturated carbocycles. The van der Waals surface area contributed by atoms with Crippen LogP contribution in [0.3, 0.4) is 0 Å². The van der Waals surface area contributed by atoms with Gasteiger partial charge in [-0.25, -0.2) is 4.79 Å². The van der Waals surface area contributed by atoms with Crippen molar-refractivity contribution in [2.24, 2.45) is 35.5 Å². The van der Waals surface area contributed by atoms with Crippen molar-refractivity contribution >= 4 is 29.2 Å². The van der Waals surface area contributed by atoms with Crippen LogP contribution >= 0.6 is 0 Å². The van der Waals surface area contributed by atoms with Gasteiger partial charge in [-0.3, -0.25) is 19.2 Å². The van der Waals surface area contributed by atoms with Crippen LogP contribution in [0.1, 0.15) is 131 Å². The number of fused-ring (bicyclic) bond motifs is 3. The fourth-order valence-corrected chi connectivity index (χ4v) is 11.0. The standard InChI is InChI=1S/C58H85NO13/c1-36-18-12-10-13-19-37(2)49(70-29-27-43-20-14-11-15-21-43)34-45-25-23-42(7)58(67,72-45)55(64)56(65)59-28-17-16-22-46(59)57(66)71-50(39(4)32-44-24-26-47(60)51(33-44)68-8)35-48(61)38(3)31-41(6)53(63)54(69-9)52(62)40(5)30-36/h10-15,18-21,31,36,38-40,42,44-47,49-51,53-54,60,63,67H,16-17,22-30,32-35H2,1-9H3/b13-10+,18-12+,37-19+,41-31+/t36-,38-,39-,40-,42-,44+,45+,46+,47-,49-,50+,51-,53-,54+,58-/m1/s1. The van der Waals surface area contributed by atoms with Gasteiger partial charge >= 0.3 is 5.97 Å². The van der Waals surface area contributed by atoms with Crippen LogP contribution < -0.4 is 0 Å². The number of ether oxygens (including phenoxy) is 5. The van der Waals surface area contributed by atoms with Crippen molar-refractivity contribution in [2.45, 2.75) is 186 Å². The Bertz CT molecular complexity index is 2080. The van der Waals surface area contributed by atoms with Crippen LogP contribution in [0.5, 0.6) is 0 Å². The van der Waals surface area contributed by atoms with Crippen molar-refractivity contribution in [3.8, 4) is 0 Å². The van der Waals surface area contributed by atoms with Crippen molar-refractivity contribution in [2.75, 3.05) is 27.4 Å². The molecule has 3 fully saturated rings. The molecule has 0 aromatic heterocycles. The Morgan fingerprint density at radius 1 is 0.847 bits per heavy atom. The van der Waals surface area contributed by atoms with E-state index in [1.807, 2.05) is 88.4 Å². The molecule has 4 aliphatic rings. The van der Waals surface area contributed by atoms with Gasteiger partial charge in [-0.2, -0.15) is 0 Å². The molecule has 1 aromatic carbocycles. The predicted octanol–water partition coefficient (Wildman–Crippen LogP) is 7.79. The van der Waals surface area contributed by atoms with Crippen LogP contribution in [0.25, 0.3) is 0 Å². The van der Waals surface area contributed by atoms with Gasteiger partial charge in [-0.1, -0.05) is 101 Å². The number of esters is 1. The van der Waals surface area contributed by atoms with Crippen LogP contribution in [-0.2, 0) is 54.1 Å². The summed E-state index contributed by atoms with van der Waals surface area (Å²) in [4.78, 5) is 72.6. The topological polar surface area (TPSA) is 195 Å². The molecule has 400 valence electrons. The number of cyclic esters (lactones) is 1. The van der Waals surface area contributed by atoms with Crippen LogP contribution in [-0.4, -0.2) is 131 Å². The number of aliphatic hydroxyl groups is 3. The molecular formula is C58H85NO13. The summed E-state index contributed by atoms with van der Waals surface area (Å²) in [5, 5.41) is 34.2. The number of methoxy groups -OCH3 is 2. The maximum atomic E-state index is 14.5. The molecule has 3 aliphatic heterocycles. The van der Waals surface area contributed by atoms with E-state index in [1.165, 1.54) is 12.0 Å². The average molecular weight is 1000 g/mol. The number of hydrogen-bond acceptors (Lipinski definition) is 13. The smallest absolute Gasteiger partial charge is 0.329 e. The second-order valence-corrected chi connectivity index (χ2v) is 21.5. The number of rotatable bonds is 9. The highest BCUT2D eigenvalue weighted by molar-refractivity contribution is 6.39. The van der Waals surface area contributed by atoms with Gasteiger partial charge in [0.25, 0.3) is 11.7 Å². The fourth-order valence-electron chi connectivity index (χ4n) is 11.0. The molecule has 2 saturated heterocycles. The van der Waals surface area contributed by atoms with Crippen molar-refractivity contribution in [1.29, 1.82) is 0 Å². The first-order valence-electron chi connectivity index (χ1n) is 26.6. The molecule has 0 unspecified atom stereocenters. The summed E-state index contributed by atoms with van der Waals surface area (Å²) in [7, 11) is 2.95. The van der Waals surface area contributed by atoms with Gasteiger partial charge in [-0.05, 0) is 119 Å². The van der Waals surface area contributed by atoms with Crippen molar-refractivity contribution < 1.29 is 63.0 Å². The summed E-state index contributed by atoms with van der Waals surface area (Å²) in [6.07, 6.45) is 11.8. The van der Waals surface area contributed by atoms with Crippen molar-refractivity contribution in [3.63, 3.8) is 0 Å². The zero-order chi connectivity index (χ0) is 52.7. The minimum Gasteiger partial charge on any atom is -0.460 e. The summed E-state index contributed by atoms with van der Waals surface area (Å²) in [5.41, 5.74) is 2.39. The summed E-state index contributed by atoms with van der Waals surface area (Å²) in [5.74, 6) is -8.08. The number of Topliss-reactive ketones (excluding diaryl/α,β-unsaturated/α-hetero) is 3. The molecule has 72 heavy (non-hydrogen) atoms. The lowest BCUT2D eigenvalue weighted by Gasteiger charge is -2.43. The van der Waals surface area contributed by atoms with Crippen molar-refractivity contribution in [3.05, 3.63) is 83.5 Å². The van der Waals surface area contributed by atoms with Crippen LogP contribution in [0, 0.1) is 35.5 Å². The lowest BCUT2D eigenvalue weighted by molar-refractivity contribution is -0.266. The predicted molar refractivity (Wildman–Crippen MR) is 274 cm³/mol. The molecule has 0 radical (unpaired) electrons. The molecule has 0 spiro atoms. The highest BCUT2D eigenvalue weighted by Crippen LogP contribution is 2.38. The summed E-state index contributed by atoms with van der Waals surface area (Å²) in [6.45, 7) is 13.2. The molecule has 14 heteroatoms. The molecule has 15 atom stereocenters. The Balaban J connectivity index is 1.48. The third-order valence-electron chi connectivity index (χ3n) is 15.7. The van der Waals surface area contributed by atoms with Gasteiger partial charge in [0.05, 0.1) is 31.0 Å².